The molecule has 128 valence electrons. The van der Waals surface area contributed by atoms with Gasteiger partial charge < -0.3 is 15.5 Å². The highest BCUT2D eigenvalue weighted by molar-refractivity contribution is 14.0. The lowest BCUT2D eigenvalue weighted by molar-refractivity contribution is -0.129. The molecular weight excluding hydrogens is 403 g/mol. The molecular formula is C17H27IN4O. The van der Waals surface area contributed by atoms with Crippen molar-refractivity contribution in [2.24, 2.45) is 4.99 Å². The highest BCUT2D eigenvalue weighted by Gasteiger charge is 2.25. The number of rotatable bonds is 5. The van der Waals surface area contributed by atoms with Crippen LogP contribution in [0.5, 0.6) is 0 Å². The Morgan fingerprint density at radius 2 is 2.09 bits per heavy atom. The van der Waals surface area contributed by atoms with E-state index in [1.165, 1.54) is 5.56 Å². The second kappa shape index (κ2) is 10.5. The fourth-order valence-electron chi connectivity index (χ4n) is 2.69. The molecule has 1 atom stereocenters. The summed E-state index contributed by atoms with van der Waals surface area (Å²) in [6.07, 6.45) is 2.52. The topological polar surface area (TPSA) is 56.7 Å². The Labute approximate surface area is 156 Å². The number of aliphatic imine (C=N–C) groups is 1. The third-order valence-corrected chi connectivity index (χ3v) is 3.96. The fourth-order valence-corrected chi connectivity index (χ4v) is 2.69. The zero-order valence-electron chi connectivity index (χ0n) is 13.9. The highest BCUT2D eigenvalue weighted by atomic mass is 127. The van der Waals surface area contributed by atoms with Crippen molar-refractivity contribution in [1.82, 2.24) is 15.5 Å². The van der Waals surface area contributed by atoms with Gasteiger partial charge >= 0.3 is 0 Å². The van der Waals surface area contributed by atoms with Gasteiger partial charge in [0.25, 0.3) is 0 Å². The Hall–Kier alpha value is -1.31. The molecule has 0 aliphatic carbocycles. The van der Waals surface area contributed by atoms with E-state index in [2.05, 4.69) is 39.9 Å². The van der Waals surface area contributed by atoms with Crippen LogP contribution in [0.4, 0.5) is 0 Å². The van der Waals surface area contributed by atoms with Crippen molar-refractivity contribution in [2.75, 3.05) is 26.7 Å². The Bertz CT molecular complexity index is 507. The van der Waals surface area contributed by atoms with E-state index in [-0.39, 0.29) is 29.9 Å². The molecule has 0 spiro atoms. The first-order chi connectivity index (χ1) is 10.7. The molecule has 2 rings (SSSR count). The van der Waals surface area contributed by atoms with Gasteiger partial charge in [-0.3, -0.25) is 9.79 Å². The summed E-state index contributed by atoms with van der Waals surface area (Å²) in [5.41, 5.74) is 1.31. The number of hydrogen-bond acceptors (Lipinski definition) is 2. The maximum absolute atomic E-state index is 11.7. The van der Waals surface area contributed by atoms with E-state index in [9.17, 15) is 4.79 Å². The number of nitrogens with zero attached hydrogens (tertiary/aromatic N) is 2. The van der Waals surface area contributed by atoms with Crippen LogP contribution in [0.15, 0.2) is 35.3 Å². The summed E-state index contributed by atoms with van der Waals surface area (Å²) < 4.78 is 0. The molecule has 0 bridgehead atoms. The van der Waals surface area contributed by atoms with Gasteiger partial charge in [-0.2, -0.15) is 0 Å². The van der Waals surface area contributed by atoms with Gasteiger partial charge in [0.1, 0.15) is 0 Å². The lowest BCUT2D eigenvalue weighted by Gasteiger charge is -2.18. The standard InChI is InChI=1S/C17H26N4O.HI/c1-3-16(22)21-12-10-15(13-21)20-17(18-2)19-11-9-14-7-5-4-6-8-14;/h4-8,15H,3,9-13H2,1-2H3,(H2,18,19,20);1H. The van der Waals surface area contributed by atoms with Crippen molar-refractivity contribution in [3.63, 3.8) is 0 Å². The van der Waals surface area contributed by atoms with Gasteiger partial charge in [-0.05, 0) is 18.4 Å². The lowest BCUT2D eigenvalue weighted by atomic mass is 10.1. The molecule has 1 aromatic carbocycles. The van der Waals surface area contributed by atoms with Gasteiger partial charge in [0.2, 0.25) is 5.91 Å². The number of hydrogen-bond donors (Lipinski definition) is 2. The van der Waals surface area contributed by atoms with Gasteiger partial charge in [-0.1, -0.05) is 37.3 Å². The first-order valence-electron chi connectivity index (χ1n) is 8.01. The predicted molar refractivity (Wildman–Crippen MR) is 105 cm³/mol. The average molecular weight is 430 g/mol. The van der Waals surface area contributed by atoms with E-state index in [0.29, 0.717) is 12.5 Å². The SMILES string of the molecule is CCC(=O)N1CCC(NC(=NC)NCCc2ccccc2)C1.I. The molecule has 1 fully saturated rings. The van der Waals surface area contributed by atoms with Crippen LogP contribution in [0.1, 0.15) is 25.3 Å². The number of guanidine groups is 1. The van der Waals surface area contributed by atoms with Gasteiger partial charge in [0.15, 0.2) is 5.96 Å². The quantitative estimate of drug-likeness (QED) is 0.427. The monoisotopic (exact) mass is 430 g/mol. The fraction of sp³-hybridized carbons (Fsp3) is 0.529. The van der Waals surface area contributed by atoms with Crippen molar-refractivity contribution < 1.29 is 4.79 Å². The largest absolute Gasteiger partial charge is 0.356 e. The van der Waals surface area contributed by atoms with Crippen LogP contribution in [0, 0.1) is 0 Å². The van der Waals surface area contributed by atoms with Crippen LogP contribution in [0.2, 0.25) is 0 Å². The second-order valence-electron chi connectivity index (χ2n) is 5.56. The highest BCUT2D eigenvalue weighted by Crippen LogP contribution is 2.10. The molecule has 6 heteroatoms. The summed E-state index contributed by atoms with van der Waals surface area (Å²) in [6, 6.07) is 10.7. The molecule has 1 heterocycles. The minimum atomic E-state index is 0. The Balaban J connectivity index is 0.00000264. The Morgan fingerprint density at radius 1 is 1.35 bits per heavy atom. The van der Waals surface area contributed by atoms with E-state index in [0.717, 1.165) is 38.4 Å². The number of halogens is 1. The molecule has 2 N–H and O–H groups in total. The first kappa shape index (κ1) is 19.7. The zero-order valence-corrected chi connectivity index (χ0v) is 16.2. The van der Waals surface area contributed by atoms with Crippen LogP contribution >= 0.6 is 24.0 Å². The van der Waals surface area contributed by atoms with E-state index >= 15 is 0 Å². The number of likely N-dealkylation sites (tertiary alicyclic amines) is 1. The molecule has 1 aliphatic rings. The third kappa shape index (κ3) is 6.37. The minimum Gasteiger partial charge on any atom is -0.356 e. The number of nitrogens with one attached hydrogen (secondary N) is 2. The molecule has 0 saturated carbocycles. The number of benzene rings is 1. The maximum Gasteiger partial charge on any atom is 0.222 e. The van der Waals surface area contributed by atoms with Gasteiger partial charge in [-0.15, -0.1) is 24.0 Å². The minimum absolute atomic E-state index is 0. The number of carbonyl (C=O) groups is 1. The van der Waals surface area contributed by atoms with E-state index in [4.69, 9.17) is 0 Å². The summed E-state index contributed by atoms with van der Waals surface area (Å²) in [5.74, 6) is 1.04. The zero-order chi connectivity index (χ0) is 15.8. The van der Waals surface area contributed by atoms with Crippen molar-refractivity contribution in [2.45, 2.75) is 32.2 Å². The van der Waals surface area contributed by atoms with Crippen LogP contribution in [-0.2, 0) is 11.2 Å². The molecule has 1 aromatic rings. The van der Waals surface area contributed by atoms with Crippen molar-refractivity contribution >= 4 is 35.8 Å². The van der Waals surface area contributed by atoms with Crippen LogP contribution in [0.3, 0.4) is 0 Å². The third-order valence-electron chi connectivity index (χ3n) is 3.96. The number of amides is 1. The Kier molecular flexibility index (Phi) is 8.98. The van der Waals surface area contributed by atoms with Gasteiger partial charge in [0, 0.05) is 39.1 Å². The molecule has 1 unspecified atom stereocenters. The number of carbonyl (C=O) groups excluding carboxylic acids is 1. The summed E-state index contributed by atoms with van der Waals surface area (Å²) in [5, 5.41) is 6.74. The Morgan fingerprint density at radius 3 is 2.74 bits per heavy atom. The smallest absolute Gasteiger partial charge is 0.222 e. The van der Waals surface area contributed by atoms with E-state index in [1.54, 1.807) is 7.05 Å². The van der Waals surface area contributed by atoms with Gasteiger partial charge in [-0.25, -0.2) is 0 Å². The average Bonchev–Trinajstić information content (AvgIpc) is 3.02. The molecule has 1 amide bonds. The normalized spacial score (nSPS) is 17.6. The summed E-state index contributed by atoms with van der Waals surface area (Å²) in [7, 11) is 1.78. The second-order valence-corrected chi connectivity index (χ2v) is 5.56. The van der Waals surface area contributed by atoms with E-state index in [1.807, 2.05) is 17.9 Å². The van der Waals surface area contributed by atoms with E-state index < -0.39 is 0 Å². The van der Waals surface area contributed by atoms with Crippen LogP contribution < -0.4 is 10.6 Å². The van der Waals surface area contributed by atoms with Crippen LogP contribution in [0.25, 0.3) is 0 Å². The van der Waals surface area contributed by atoms with Crippen LogP contribution in [-0.4, -0.2) is 49.5 Å². The molecule has 1 saturated heterocycles. The molecule has 1 aliphatic heterocycles. The molecule has 0 aromatic heterocycles. The van der Waals surface area contributed by atoms with Crippen molar-refractivity contribution in [3.8, 4) is 0 Å². The summed E-state index contributed by atoms with van der Waals surface area (Å²) >= 11 is 0. The van der Waals surface area contributed by atoms with Crippen molar-refractivity contribution in [1.29, 1.82) is 0 Å². The predicted octanol–water partition coefficient (Wildman–Crippen LogP) is 2.02. The lowest BCUT2D eigenvalue weighted by Crippen LogP contribution is -2.45. The first-order valence-corrected chi connectivity index (χ1v) is 8.01. The molecule has 23 heavy (non-hydrogen) atoms. The molecule has 5 nitrogen and oxygen atoms in total. The maximum atomic E-state index is 11.7. The summed E-state index contributed by atoms with van der Waals surface area (Å²) in [6.45, 7) is 4.36. The van der Waals surface area contributed by atoms with Gasteiger partial charge in [0.05, 0.1) is 0 Å². The molecule has 0 radical (unpaired) electrons. The van der Waals surface area contributed by atoms with Crippen molar-refractivity contribution in [3.05, 3.63) is 35.9 Å². The summed E-state index contributed by atoms with van der Waals surface area (Å²) in [4.78, 5) is 17.9.